The molecule has 0 radical (unpaired) electrons. The third kappa shape index (κ3) is 2.24. The third-order valence-corrected chi connectivity index (χ3v) is 9.94. The van der Waals surface area contributed by atoms with Crippen LogP contribution in [0.5, 0.6) is 0 Å². The fourth-order valence-electron chi connectivity index (χ4n) is 3.65. The lowest BCUT2D eigenvalue weighted by molar-refractivity contribution is -0.644. The standard InChI is InChI=1S/C17H28FN2Si/c1-16(2,3)21(18,17(4,5)6)15-12-14-13(20(15)8)10-9-11-19(14)7/h9-12H,1-8H3/q+1. The first-order valence-corrected chi connectivity index (χ1v) is 9.42. The van der Waals surface area contributed by atoms with Gasteiger partial charge in [-0.2, -0.15) is 4.57 Å². The van der Waals surface area contributed by atoms with Crippen LogP contribution in [-0.4, -0.2) is 13.0 Å². The molecule has 2 rings (SSSR count). The summed E-state index contributed by atoms with van der Waals surface area (Å²) < 4.78 is 20.6. The van der Waals surface area contributed by atoms with E-state index in [0.717, 1.165) is 16.4 Å². The zero-order valence-corrected chi connectivity index (χ0v) is 15.6. The maximum atomic E-state index is 16.5. The van der Waals surface area contributed by atoms with Gasteiger partial charge in [0, 0.05) is 24.5 Å². The molecule has 0 saturated heterocycles. The molecule has 116 valence electrons. The van der Waals surface area contributed by atoms with E-state index < -0.39 is 8.41 Å². The highest BCUT2D eigenvalue weighted by atomic mass is 28.4. The van der Waals surface area contributed by atoms with Crippen molar-refractivity contribution in [2.75, 3.05) is 0 Å². The zero-order valence-electron chi connectivity index (χ0n) is 14.6. The minimum absolute atomic E-state index is 0.355. The Labute approximate surface area is 128 Å². The van der Waals surface area contributed by atoms with E-state index in [1.165, 1.54) is 0 Å². The summed E-state index contributed by atoms with van der Waals surface area (Å²) in [6.07, 6.45) is 2.02. The third-order valence-electron chi connectivity index (χ3n) is 4.62. The summed E-state index contributed by atoms with van der Waals surface area (Å²) in [5, 5.41) is 0.178. The summed E-state index contributed by atoms with van der Waals surface area (Å²) >= 11 is 0. The SMILES string of the molecule is Cn1c([Si](F)(C(C)(C)C)C(C)(C)C)cc2c1ccc[n+]2C. The average Bonchev–Trinajstić information content (AvgIpc) is 2.65. The second-order valence-corrected chi connectivity index (χ2v) is 13.0. The number of nitrogens with zero attached hydrogens (tertiary/aromatic N) is 2. The molecule has 0 fully saturated rings. The smallest absolute Gasteiger partial charge is 0.304 e. The molecule has 2 aromatic heterocycles. The Morgan fingerprint density at radius 2 is 1.62 bits per heavy atom. The van der Waals surface area contributed by atoms with Crippen LogP contribution >= 0.6 is 0 Å². The minimum atomic E-state index is -3.23. The van der Waals surface area contributed by atoms with Gasteiger partial charge in [0.15, 0.2) is 6.20 Å². The molecule has 0 aliphatic heterocycles. The average molecular weight is 308 g/mol. The molecule has 0 aliphatic carbocycles. The molecular formula is C17H28FN2Si+. The van der Waals surface area contributed by atoms with Gasteiger partial charge in [-0.1, -0.05) is 41.5 Å². The molecule has 0 atom stereocenters. The van der Waals surface area contributed by atoms with Gasteiger partial charge in [-0.05, 0) is 16.1 Å². The molecule has 0 bridgehead atoms. The van der Waals surface area contributed by atoms with Gasteiger partial charge in [0.1, 0.15) is 12.6 Å². The van der Waals surface area contributed by atoms with E-state index in [0.29, 0.717) is 0 Å². The van der Waals surface area contributed by atoms with Gasteiger partial charge in [0.25, 0.3) is 0 Å². The van der Waals surface area contributed by atoms with Crippen LogP contribution in [0.25, 0.3) is 11.0 Å². The molecule has 0 unspecified atom stereocenters. The van der Waals surface area contributed by atoms with Crippen molar-refractivity contribution in [1.29, 1.82) is 0 Å². The van der Waals surface area contributed by atoms with Crippen LogP contribution in [-0.2, 0) is 14.1 Å². The van der Waals surface area contributed by atoms with E-state index in [9.17, 15) is 0 Å². The van der Waals surface area contributed by atoms with Gasteiger partial charge in [-0.25, -0.2) is 0 Å². The molecule has 4 heteroatoms. The topological polar surface area (TPSA) is 8.81 Å². The van der Waals surface area contributed by atoms with Crippen LogP contribution in [0.4, 0.5) is 4.11 Å². The Morgan fingerprint density at radius 1 is 1.10 bits per heavy atom. The van der Waals surface area contributed by atoms with Crippen molar-refractivity contribution in [2.24, 2.45) is 14.1 Å². The number of halogens is 1. The normalized spacial score (nSPS) is 14.0. The number of fused-ring (bicyclic) bond motifs is 1. The van der Waals surface area contributed by atoms with Gasteiger partial charge in [0.2, 0.25) is 5.52 Å². The first-order chi connectivity index (χ1) is 9.41. The number of pyridine rings is 1. The lowest BCUT2D eigenvalue weighted by Gasteiger charge is -2.44. The van der Waals surface area contributed by atoms with Crippen LogP contribution in [0.2, 0.25) is 10.1 Å². The Bertz CT molecular complexity index is 660. The first-order valence-electron chi connectivity index (χ1n) is 7.55. The molecule has 21 heavy (non-hydrogen) atoms. The van der Waals surface area contributed by atoms with Crippen molar-refractivity contribution >= 4 is 24.8 Å². The second kappa shape index (κ2) is 4.67. The van der Waals surface area contributed by atoms with Crippen molar-refractivity contribution < 1.29 is 8.67 Å². The van der Waals surface area contributed by atoms with Crippen molar-refractivity contribution in [2.45, 2.75) is 51.6 Å². The molecule has 0 aromatic carbocycles. The van der Waals surface area contributed by atoms with Gasteiger partial charge in [0.05, 0.1) is 0 Å². The fraction of sp³-hybridized carbons (Fsp3) is 0.588. The molecule has 0 amide bonds. The molecule has 2 aromatic rings. The zero-order chi connectivity index (χ0) is 16.2. The van der Waals surface area contributed by atoms with Gasteiger partial charge < -0.3 is 8.67 Å². The summed E-state index contributed by atoms with van der Waals surface area (Å²) in [6.45, 7) is 12.3. The molecule has 0 spiro atoms. The van der Waals surface area contributed by atoms with Gasteiger partial charge in [-0.15, -0.1) is 0 Å². The van der Waals surface area contributed by atoms with Crippen molar-refractivity contribution in [3.8, 4) is 0 Å². The molecule has 2 nitrogen and oxygen atoms in total. The van der Waals surface area contributed by atoms with Crippen LogP contribution in [0.15, 0.2) is 24.4 Å². The van der Waals surface area contributed by atoms with Crippen molar-refractivity contribution in [3.63, 3.8) is 0 Å². The van der Waals surface area contributed by atoms with Gasteiger partial charge >= 0.3 is 8.41 Å². The fourth-order valence-corrected chi connectivity index (χ4v) is 8.35. The van der Waals surface area contributed by atoms with E-state index in [1.807, 2.05) is 67.9 Å². The summed E-state index contributed by atoms with van der Waals surface area (Å²) in [6, 6.07) is 6.15. The lowest BCUT2D eigenvalue weighted by atomic mass is 10.2. The number of rotatable bonds is 1. The maximum Gasteiger partial charge on any atom is 0.304 e. The first kappa shape index (κ1) is 16.2. The summed E-state index contributed by atoms with van der Waals surface area (Å²) in [7, 11) is 0.782. The largest absolute Gasteiger partial charge is 0.343 e. The summed E-state index contributed by atoms with van der Waals surface area (Å²) in [5.41, 5.74) is 2.19. The maximum absolute atomic E-state index is 16.5. The van der Waals surface area contributed by atoms with Crippen LogP contribution < -0.4 is 9.88 Å². The quantitative estimate of drug-likeness (QED) is 0.431. The van der Waals surface area contributed by atoms with Crippen molar-refractivity contribution in [3.05, 3.63) is 24.4 Å². The van der Waals surface area contributed by atoms with E-state index in [1.54, 1.807) is 0 Å². The lowest BCUT2D eigenvalue weighted by Crippen LogP contribution is -2.60. The highest BCUT2D eigenvalue weighted by Gasteiger charge is 2.58. The Hall–Kier alpha value is -1.16. The van der Waals surface area contributed by atoms with Gasteiger partial charge in [-0.3, -0.25) is 0 Å². The Morgan fingerprint density at radius 3 is 2.05 bits per heavy atom. The number of aromatic nitrogens is 2. The highest BCUT2D eigenvalue weighted by Crippen LogP contribution is 2.51. The van der Waals surface area contributed by atoms with Crippen LogP contribution in [0.3, 0.4) is 0 Å². The molecule has 0 aliphatic rings. The predicted octanol–water partition coefficient (Wildman–Crippen LogP) is 3.73. The molecule has 2 heterocycles. The predicted molar refractivity (Wildman–Crippen MR) is 90.0 cm³/mol. The van der Waals surface area contributed by atoms with Crippen molar-refractivity contribution in [1.82, 2.24) is 4.57 Å². The number of hydrogen-bond acceptors (Lipinski definition) is 0. The van der Waals surface area contributed by atoms with Crippen LogP contribution in [0, 0.1) is 0 Å². The Kier molecular flexibility index (Phi) is 3.60. The number of hydrogen-bond donors (Lipinski definition) is 0. The molecular weight excluding hydrogens is 279 g/mol. The van der Waals surface area contributed by atoms with E-state index in [2.05, 4.69) is 21.3 Å². The summed E-state index contributed by atoms with van der Waals surface area (Å²) in [5.74, 6) is 0. The second-order valence-electron chi connectivity index (χ2n) is 8.14. The van der Waals surface area contributed by atoms with Crippen LogP contribution in [0.1, 0.15) is 41.5 Å². The minimum Gasteiger partial charge on any atom is -0.343 e. The van der Waals surface area contributed by atoms with E-state index >= 15 is 4.11 Å². The molecule has 0 N–H and O–H groups in total. The van der Waals surface area contributed by atoms with E-state index in [4.69, 9.17) is 0 Å². The summed E-state index contributed by atoms with van der Waals surface area (Å²) in [4.78, 5) is 0. The number of aryl methyl sites for hydroxylation is 2. The monoisotopic (exact) mass is 307 g/mol. The Balaban J connectivity index is 2.85. The highest BCUT2D eigenvalue weighted by molar-refractivity contribution is 6.90. The van der Waals surface area contributed by atoms with E-state index in [-0.39, 0.29) is 10.1 Å². The molecule has 0 saturated carbocycles.